The smallest absolute Gasteiger partial charge is 0.261 e. The van der Waals surface area contributed by atoms with Crippen molar-refractivity contribution in [2.75, 3.05) is 0 Å². The first-order valence-corrected chi connectivity index (χ1v) is 8.49. The molecule has 128 valence electrons. The van der Waals surface area contributed by atoms with Crippen LogP contribution in [-0.2, 0) is 0 Å². The summed E-state index contributed by atoms with van der Waals surface area (Å²) in [5.41, 5.74) is 3.36. The summed E-state index contributed by atoms with van der Waals surface area (Å²) in [6, 6.07) is 13.5. The molecule has 0 aliphatic carbocycles. The molecule has 0 fully saturated rings. The number of hydrogen-bond donors (Lipinski definition) is 2. The number of aliphatic imine (C=N–C) groups is 1. The Kier molecular flexibility index (Phi) is 4.70. The van der Waals surface area contributed by atoms with Gasteiger partial charge in [-0.05, 0) is 48.6 Å². The fourth-order valence-electron chi connectivity index (χ4n) is 2.90. The third-order valence-electron chi connectivity index (χ3n) is 4.67. The minimum absolute atomic E-state index is 0.0307. The molecule has 4 heteroatoms. The van der Waals surface area contributed by atoms with Gasteiger partial charge in [0.1, 0.15) is 11.3 Å². The average molecular weight is 334 g/mol. The van der Waals surface area contributed by atoms with Gasteiger partial charge in [-0.3, -0.25) is 9.79 Å². The molecule has 0 saturated heterocycles. The maximum absolute atomic E-state index is 12.3. The van der Waals surface area contributed by atoms with Crippen molar-refractivity contribution in [3.63, 3.8) is 0 Å². The van der Waals surface area contributed by atoms with E-state index in [-0.39, 0.29) is 16.9 Å². The van der Waals surface area contributed by atoms with Crippen LogP contribution in [0.4, 0.5) is 5.69 Å². The lowest BCUT2D eigenvalue weighted by Gasteiger charge is -2.08. The van der Waals surface area contributed by atoms with Crippen molar-refractivity contribution >= 4 is 22.8 Å². The van der Waals surface area contributed by atoms with E-state index in [2.05, 4.69) is 36.0 Å². The molecule has 0 bridgehead atoms. The second-order valence-electron chi connectivity index (χ2n) is 6.37. The molecule has 0 saturated carbocycles. The zero-order chi connectivity index (χ0) is 18.0. The SMILES string of the molecule is CCC(C)c1ccc(N=Cc2c(O)c3c(C)cccc3[nH]c2=O)cc1. The Balaban J connectivity index is 1.99. The molecule has 0 amide bonds. The van der Waals surface area contributed by atoms with Crippen molar-refractivity contribution in [3.8, 4) is 5.75 Å². The summed E-state index contributed by atoms with van der Waals surface area (Å²) in [4.78, 5) is 19.4. The van der Waals surface area contributed by atoms with E-state index in [0.29, 0.717) is 16.8 Å². The van der Waals surface area contributed by atoms with E-state index in [1.807, 2.05) is 31.2 Å². The Morgan fingerprint density at radius 3 is 2.60 bits per heavy atom. The van der Waals surface area contributed by atoms with Gasteiger partial charge in [-0.1, -0.05) is 38.1 Å². The molecule has 1 atom stereocenters. The third-order valence-corrected chi connectivity index (χ3v) is 4.67. The maximum Gasteiger partial charge on any atom is 0.261 e. The molecule has 25 heavy (non-hydrogen) atoms. The summed E-state index contributed by atoms with van der Waals surface area (Å²) in [6.07, 6.45) is 2.51. The van der Waals surface area contributed by atoms with Crippen molar-refractivity contribution in [2.45, 2.75) is 33.1 Å². The van der Waals surface area contributed by atoms with E-state index in [0.717, 1.165) is 17.7 Å². The van der Waals surface area contributed by atoms with Crippen LogP contribution in [0.25, 0.3) is 10.9 Å². The van der Waals surface area contributed by atoms with Gasteiger partial charge in [0.25, 0.3) is 5.56 Å². The van der Waals surface area contributed by atoms with Crippen LogP contribution in [0.5, 0.6) is 5.75 Å². The minimum Gasteiger partial charge on any atom is -0.506 e. The van der Waals surface area contributed by atoms with Crippen LogP contribution >= 0.6 is 0 Å². The molecule has 3 aromatic rings. The highest BCUT2D eigenvalue weighted by Gasteiger charge is 2.11. The van der Waals surface area contributed by atoms with Crippen LogP contribution < -0.4 is 5.56 Å². The summed E-state index contributed by atoms with van der Waals surface area (Å²) < 4.78 is 0. The molecule has 4 nitrogen and oxygen atoms in total. The second kappa shape index (κ2) is 6.93. The number of rotatable bonds is 4. The Hall–Kier alpha value is -2.88. The number of H-pyrrole nitrogens is 1. The first-order chi connectivity index (χ1) is 12.0. The van der Waals surface area contributed by atoms with Crippen LogP contribution in [0.1, 0.15) is 42.9 Å². The van der Waals surface area contributed by atoms with E-state index in [1.165, 1.54) is 11.8 Å². The summed E-state index contributed by atoms with van der Waals surface area (Å²) in [5.74, 6) is 0.477. The van der Waals surface area contributed by atoms with Crippen LogP contribution in [0.15, 0.2) is 52.3 Å². The standard InChI is InChI=1S/C21H22N2O2/c1-4-13(2)15-8-10-16(11-9-15)22-12-17-20(24)19-14(3)6-5-7-18(19)23-21(17)25/h5-13H,4H2,1-3H3,(H2,23,24,25). The lowest BCUT2D eigenvalue weighted by atomic mass is 9.99. The minimum atomic E-state index is -0.351. The first-order valence-electron chi connectivity index (χ1n) is 8.49. The molecule has 0 radical (unpaired) electrons. The molecule has 2 N–H and O–H groups in total. The molecular weight excluding hydrogens is 312 g/mol. The maximum atomic E-state index is 12.3. The van der Waals surface area contributed by atoms with Gasteiger partial charge in [0.05, 0.1) is 11.2 Å². The molecule has 0 aliphatic heterocycles. The monoisotopic (exact) mass is 334 g/mol. The van der Waals surface area contributed by atoms with Gasteiger partial charge in [0, 0.05) is 11.6 Å². The van der Waals surface area contributed by atoms with Gasteiger partial charge in [-0.2, -0.15) is 0 Å². The van der Waals surface area contributed by atoms with Gasteiger partial charge in [-0.25, -0.2) is 0 Å². The van der Waals surface area contributed by atoms with E-state index >= 15 is 0 Å². The Morgan fingerprint density at radius 1 is 1.20 bits per heavy atom. The van der Waals surface area contributed by atoms with Crippen LogP contribution in [-0.4, -0.2) is 16.3 Å². The number of aromatic hydroxyl groups is 1. The summed E-state index contributed by atoms with van der Waals surface area (Å²) in [6.45, 7) is 6.25. The molecule has 1 unspecified atom stereocenters. The Bertz CT molecular complexity index is 985. The van der Waals surface area contributed by atoms with Crippen molar-refractivity contribution in [3.05, 3.63) is 69.5 Å². The van der Waals surface area contributed by atoms with Crippen LogP contribution in [0, 0.1) is 6.92 Å². The van der Waals surface area contributed by atoms with Crippen LogP contribution in [0.2, 0.25) is 0 Å². The third kappa shape index (κ3) is 3.33. The average Bonchev–Trinajstić information content (AvgIpc) is 2.61. The zero-order valence-electron chi connectivity index (χ0n) is 14.7. The molecule has 3 rings (SSSR count). The number of nitrogens with one attached hydrogen (secondary N) is 1. The molecule has 0 spiro atoms. The highest BCUT2D eigenvalue weighted by molar-refractivity contribution is 5.96. The molecule has 2 aromatic carbocycles. The number of benzene rings is 2. The van der Waals surface area contributed by atoms with E-state index < -0.39 is 0 Å². The molecular formula is C21H22N2O2. The summed E-state index contributed by atoms with van der Waals surface area (Å²) in [5, 5.41) is 11.2. The largest absolute Gasteiger partial charge is 0.506 e. The summed E-state index contributed by atoms with van der Waals surface area (Å²) >= 11 is 0. The fraction of sp³-hybridized carbons (Fsp3) is 0.238. The van der Waals surface area contributed by atoms with Crippen LogP contribution in [0.3, 0.4) is 0 Å². The lowest BCUT2D eigenvalue weighted by molar-refractivity contribution is 0.479. The molecule has 1 heterocycles. The van der Waals surface area contributed by atoms with Crippen molar-refractivity contribution in [1.29, 1.82) is 0 Å². The van der Waals surface area contributed by atoms with Gasteiger partial charge in [0.15, 0.2) is 0 Å². The van der Waals surface area contributed by atoms with E-state index in [4.69, 9.17) is 0 Å². The molecule has 0 aliphatic rings. The van der Waals surface area contributed by atoms with E-state index in [9.17, 15) is 9.90 Å². The quantitative estimate of drug-likeness (QED) is 0.673. The zero-order valence-corrected chi connectivity index (χ0v) is 14.7. The number of aryl methyl sites for hydroxylation is 1. The number of hydrogen-bond acceptors (Lipinski definition) is 3. The summed E-state index contributed by atoms with van der Waals surface area (Å²) in [7, 11) is 0. The van der Waals surface area contributed by atoms with Crippen molar-refractivity contribution < 1.29 is 5.11 Å². The highest BCUT2D eigenvalue weighted by atomic mass is 16.3. The normalized spacial score (nSPS) is 12.8. The van der Waals surface area contributed by atoms with E-state index in [1.54, 1.807) is 6.07 Å². The van der Waals surface area contributed by atoms with Gasteiger partial charge >= 0.3 is 0 Å². The highest BCUT2D eigenvalue weighted by Crippen LogP contribution is 2.27. The predicted octanol–water partition coefficient (Wildman–Crippen LogP) is 4.81. The Labute approximate surface area is 146 Å². The number of fused-ring (bicyclic) bond motifs is 1. The van der Waals surface area contributed by atoms with Gasteiger partial charge in [0.2, 0.25) is 0 Å². The fourth-order valence-corrected chi connectivity index (χ4v) is 2.90. The number of nitrogens with zero attached hydrogens (tertiary/aromatic N) is 1. The number of aromatic amines is 1. The molecule has 1 aromatic heterocycles. The number of aromatic nitrogens is 1. The predicted molar refractivity (Wildman–Crippen MR) is 103 cm³/mol. The topological polar surface area (TPSA) is 65.5 Å². The van der Waals surface area contributed by atoms with Crippen molar-refractivity contribution in [2.24, 2.45) is 4.99 Å². The lowest BCUT2D eigenvalue weighted by Crippen LogP contribution is -2.12. The first kappa shape index (κ1) is 17.0. The van der Waals surface area contributed by atoms with Gasteiger partial charge < -0.3 is 10.1 Å². The Morgan fingerprint density at radius 2 is 1.92 bits per heavy atom. The second-order valence-corrected chi connectivity index (χ2v) is 6.37. The van der Waals surface area contributed by atoms with Gasteiger partial charge in [-0.15, -0.1) is 0 Å². The number of pyridine rings is 1. The van der Waals surface area contributed by atoms with Crippen molar-refractivity contribution in [1.82, 2.24) is 4.98 Å².